The predicted octanol–water partition coefficient (Wildman–Crippen LogP) is 2.13. The lowest BCUT2D eigenvalue weighted by atomic mass is 9.90. The molecule has 1 N–H and O–H groups in total. The maximum absolute atomic E-state index is 12.1. The Morgan fingerprint density at radius 2 is 2.10 bits per heavy atom. The van der Waals surface area contributed by atoms with Crippen LogP contribution in [0.25, 0.3) is 0 Å². The average molecular weight is 313 g/mol. The van der Waals surface area contributed by atoms with Gasteiger partial charge in [0.05, 0.1) is 11.9 Å². The van der Waals surface area contributed by atoms with Crippen LogP contribution in [0.3, 0.4) is 0 Å². The van der Waals surface area contributed by atoms with Crippen LogP contribution < -0.4 is 15.8 Å². The molecule has 0 radical (unpaired) electrons. The Hall–Kier alpha value is -1.07. The van der Waals surface area contributed by atoms with Gasteiger partial charge in [-0.15, -0.1) is 0 Å². The van der Waals surface area contributed by atoms with Crippen molar-refractivity contribution in [3.63, 3.8) is 0 Å². The van der Waals surface area contributed by atoms with Crippen molar-refractivity contribution in [2.75, 3.05) is 24.5 Å². The summed E-state index contributed by atoms with van der Waals surface area (Å²) in [5, 5.41) is 7.97. The minimum absolute atomic E-state index is 0.195. The summed E-state index contributed by atoms with van der Waals surface area (Å²) in [5.74, 6) is 0.684. The molecule has 0 bridgehead atoms. The first-order valence-electron chi connectivity index (χ1n) is 7.82. The van der Waals surface area contributed by atoms with Gasteiger partial charge in [0.1, 0.15) is 5.02 Å². The number of aromatic nitrogens is 2. The molecule has 0 aliphatic carbocycles. The van der Waals surface area contributed by atoms with Crippen LogP contribution in [0.4, 0.5) is 5.69 Å². The van der Waals surface area contributed by atoms with Crippen LogP contribution in [0.1, 0.15) is 33.6 Å². The molecule has 0 spiro atoms. The number of anilines is 1. The Bertz CT molecular complexity index is 523. The standard InChI is InChI=1S/C15H25ClN4O/c1-4-17-11(3)12-6-8-19(9-7-12)13-10-18-20(5-2)15(21)14(13)16/h10-12,17H,4-9H2,1-3H3. The molecular weight excluding hydrogens is 288 g/mol. The third-order valence-corrected chi connectivity index (χ3v) is 4.73. The van der Waals surface area contributed by atoms with E-state index in [1.54, 1.807) is 6.20 Å². The van der Waals surface area contributed by atoms with Crippen LogP contribution in [0.2, 0.25) is 5.02 Å². The Kier molecular flexibility index (Phi) is 5.65. The summed E-state index contributed by atoms with van der Waals surface area (Å²) in [6.45, 7) is 9.68. The van der Waals surface area contributed by atoms with Gasteiger partial charge >= 0.3 is 0 Å². The number of rotatable bonds is 5. The molecule has 1 unspecified atom stereocenters. The van der Waals surface area contributed by atoms with Crippen LogP contribution in [-0.2, 0) is 6.54 Å². The largest absolute Gasteiger partial charge is 0.369 e. The summed E-state index contributed by atoms with van der Waals surface area (Å²) in [7, 11) is 0. The number of hydrogen-bond donors (Lipinski definition) is 1. The van der Waals surface area contributed by atoms with Crippen LogP contribution >= 0.6 is 11.6 Å². The minimum atomic E-state index is -0.195. The molecule has 1 fully saturated rings. The van der Waals surface area contributed by atoms with Crippen molar-refractivity contribution in [2.24, 2.45) is 5.92 Å². The van der Waals surface area contributed by atoms with E-state index < -0.39 is 0 Å². The van der Waals surface area contributed by atoms with Gasteiger partial charge < -0.3 is 10.2 Å². The highest BCUT2D eigenvalue weighted by molar-refractivity contribution is 6.33. The predicted molar refractivity (Wildman–Crippen MR) is 87.3 cm³/mol. The topological polar surface area (TPSA) is 50.2 Å². The lowest BCUT2D eigenvalue weighted by Gasteiger charge is -2.36. The summed E-state index contributed by atoms with van der Waals surface area (Å²) in [6.07, 6.45) is 3.95. The second kappa shape index (κ2) is 7.27. The number of nitrogens with one attached hydrogen (secondary N) is 1. The third kappa shape index (κ3) is 3.58. The highest BCUT2D eigenvalue weighted by Crippen LogP contribution is 2.28. The van der Waals surface area contributed by atoms with Crippen molar-refractivity contribution in [1.29, 1.82) is 0 Å². The molecule has 1 saturated heterocycles. The fourth-order valence-corrected chi connectivity index (χ4v) is 3.30. The van der Waals surface area contributed by atoms with E-state index >= 15 is 0 Å². The fourth-order valence-electron chi connectivity index (χ4n) is 3.03. The zero-order valence-corrected chi connectivity index (χ0v) is 13.9. The third-order valence-electron chi connectivity index (χ3n) is 4.38. The number of aryl methyl sites for hydroxylation is 1. The molecule has 1 atom stereocenters. The lowest BCUT2D eigenvalue weighted by molar-refractivity contribution is 0.314. The van der Waals surface area contributed by atoms with Crippen molar-refractivity contribution in [1.82, 2.24) is 15.1 Å². The van der Waals surface area contributed by atoms with Gasteiger partial charge in [-0.2, -0.15) is 5.10 Å². The van der Waals surface area contributed by atoms with E-state index in [1.165, 1.54) is 4.68 Å². The monoisotopic (exact) mass is 312 g/mol. The van der Waals surface area contributed by atoms with Gasteiger partial charge in [-0.3, -0.25) is 4.79 Å². The molecular formula is C15H25ClN4O. The maximum Gasteiger partial charge on any atom is 0.287 e. The Morgan fingerprint density at radius 3 is 2.67 bits per heavy atom. The van der Waals surface area contributed by atoms with Gasteiger partial charge in [0.25, 0.3) is 5.56 Å². The van der Waals surface area contributed by atoms with E-state index in [2.05, 4.69) is 29.2 Å². The first kappa shape index (κ1) is 16.3. The summed E-state index contributed by atoms with van der Waals surface area (Å²) in [5.41, 5.74) is 0.584. The van der Waals surface area contributed by atoms with E-state index in [0.29, 0.717) is 23.5 Å². The summed E-state index contributed by atoms with van der Waals surface area (Å²) < 4.78 is 1.39. The van der Waals surface area contributed by atoms with Gasteiger partial charge in [0.15, 0.2) is 0 Å². The van der Waals surface area contributed by atoms with Crippen molar-refractivity contribution in [2.45, 2.75) is 46.2 Å². The molecule has 1 aromatic heterocycles. The SMILES string of the molecule is CCNC(C)C1CCN(c2cnn(CC)c(=O)c2Cl)CC1. The molecule has 5 nitrogen and oxygen atoms in total. The van der Waals surface area contributed by atoms with E-state index in [-0.39, 0.29) is 5.56 Å². The van der Waals surface area contributed by atoms with Crippen LogP contribution in [0.5, 0.6) is 0 Å². The minimum Gasteiger partial charge on any atom is -0.369 e. The maximum atomic E-state index is 12.1. The zero-order valence-electron chi connectivity index (χ0n) is 13.1. The van der Waals surface area contributed by atoms with Crippen LogP contribution in [0.15, 0.2) is 11.0 Å². The Morgan fingerprint density at radius 1 is 1.43 bits per heavy atom. The molecule has 2 heterocycles. The Labute approximate surface area is 131 Å². The van der Waals surface area contributed by atoms with Crippen molar-refractivity contribution in [3.05, 3.63) is 21.6 Å². The molecule has 0 aromatic carbocycles. The normalized spacial score (nSPS) is 18.0. The Balaban J connectivity index is 2.06. The van der Waals surface area contributed by atoms with E-state index in [4.69, 9.17) is 11.6 Å². The van der Waals surface area contributed by atoms with Crippen molar-refractivity contribution >= 4 is 17.3 Å². The smallest absolute Gasteiger partial charge is 0.287 e. The number of halogens is 1. The van der Waals surface area contributed by atoms with Gasteiger partial charge in [-0.1, -0.05) is 18.5 Å². The summed E-state index contributed by atoms with van der Waals surface area (Å²) >= 11 is 6.23. The van der Waals surface area contributed by atoms with E-state index in [9.17, 15) is 4.79 Å². The second-order valence-electron chi connectivity index (χ2n) is 5.64. The van der Waals surface area contributed by atoms with Gasteiger partial charge in [0.2, 0.25) is 0 Å². The molecule has 2 rings (SSSR count). The molecule has 6 heteroatoms. The van der Waals surface area contributed by atoms with E-state index in [1.807, 2.05) is 6.92 Å². The molecule has 1 aliphatic heterocycles. The molecule has 1 aliphatic rings. The highest BCUT2D eigenvalue weighted by Gasteiger charge is 2.25. The molecule has 1 aromatic rings. The van der Waals surface area contributed by atoms with Crippen LogP contribution in [-0.4, -0.2) is 35.5 Å². The quantitative estimate of drug-likeness (QED) is 0.905. The molecule has 0 saturated carbocycles. The zero-order chi connectivity index (χ0) is 15.4. The summed E-state index contributed by atoms with van der Waals surface area (Å²) in [4.78, 5) is 14.2. The van der Waals surface area contributed by atoms with Crippen molar-refractivity contribution in [3.8, 4) is 0 Å². The number of hydrogen-bond acceptors (Lipinski definition) is 4. The van der Waals surface area contributed by atoms with Crippen molar-refractivity contribution < 1.29 is 0 Å². The fraction of sp³-hybridized carbons (Fsp3) is 0.733. The number of piperidine rings is 1. The first-order valence-corrected chi connectivity index (χ1v) is 8.20. The first-order chi connectivity index (χ1) is 10.1. The van der Waals surface area contributed by atoms with Gasteiger partial charge in [-0.05, 0) is 39.2 Å². The summed E-state index contributed by atoms with van der Waals surface area (Å²) in [6, 6.07) is 0.541. The van der Waals surface area contributed by atoms with Gasteiger partial charge in [-0.25, -0.2) is 4.68 Å². The molecule has 118 valence electrons. The second-order valence-corrected chi connectivity index (χ2v) is 6.01. The number of nitrogens with zero attached hydrogens (tertiary/aromatic N) is 3. The van der Waals surface area contributed by atoms with Gasteiger partial charge in [0, 0.05) is 25.7 Å². The highest BCUT2D eigenvalue weighted by atomic mass is 35.5. The average Bonchev–Trinajstić information content (AvgIpc) is 2.50. The van der Waals surface area contributed by atoms with E-state index in [0.717, 1.165) is 38.2 Å². The van der Waals surface area contributed by atoms with Crippen LogP contribution in [0, 0.1) is 5.92 Å². The molecule has 0 amide bonds. The lowest BCUT2D eigenvalue weighted by Crippen LogP contribution is -2.42. The molecule has 21 heavy (non-hydrogen) atoms.